The number of thioether (sulfide) groups is 1. The van der Waals surface area contributed by atoms with Crippen molar-refractivity contribution in [3.05, 3.63) is 47.2 Å². The van der Waals surface area contributed by atoms with Crippen LogP contribution in [0.4, 0.5) is 0 Å². The Morgan fingerprint density at radius 1 is 1.43 bits per heavy atom. The highest BCUT2D eigenvalue weighted by atomic mass is 32.2. The summed E-state index contributed by atoms with van der Waals surface area (Å²) in [5.41, 5.74) is 7.90. The van der Waals surface area contributed by atoms with E-state index in [9.17, 15) is 9.59 Å². The number of nitrogens with two attached hydrogens (primary N) is 1. The van der Waals surface area contributed by atoms with Crippen LogP contribution in [0.2, 0.25) is 0 Å². The molecule has 1 fully saturated rings. The topological polar surface area (TPSA) is 72.6 Å². The number of rotatable bonds is 3. The van der Waals surface area contributed by atoms with Gasteiger partial charge in [0.1, 0.15) is 23.7 Å². The molecule has 0 bridgehead atoms. The van der Waals surface area contributed by atoms with E-state index < -0.39 is 12.0 Å². The summed E-state index contributed by atoms with van der Waals surface area (Å²) < 4.78 is 5.33. The zero-order valence-electron chi connectivity index (χ0n) is 11.6. The van der Waals surface area contributed by atoms with Crippen molar-refractivity contribution in [2.75, 3.05) is 5.75 Å². The lowest BCUT2D eigenvalue weighted by molar-refractivity contribution is -0.151. The van der Waals surface area contributed by atoms with E-state index in [1.807, 2.05) is 37.3 Å². The number of esters is 1. The van der Waals surface area contributed by atoms with Gasteiger partial charge in [-0.15, -0.1) is 11.8 Å². The lowest BCUT2D eigenvalue weighted by atomic mass is 10.0. The Hall–Kier alpha value is -1.79. The highest BCUT2D eigenvalue weighted by Crippen LogP contribution is 2.39. The van der Waals surface area contributed by atoms with Gasteiger partial charge in [0.05, 0.1) is 0 Å². The van der Waals surface area contributed by atoms with Gasteiger partial charge in [-0.05, 0) is 18.1 Å². The number of carbonyl (C=O) groups is 2. The van der Waals surface area contributed by atoms with Crippen LogP contribution in [-0.2, 0) is 20.9 Å². The fraction of sp³-hybridized carbons (Fsp3) is 0.333. The fourth-order valence-corrected chi connectivity index (χ4v) is 3.69. The summed E-state index contributed by atoms with van der Waals surface area (Å²) in [4.78, 5) is 25.6. The molecule has 0 spiro atoms. The van der Waals surface area contributed by atoms with E-state index in [1.165, 1.54) is 4.90 Å². The van der Waals surface area contributed by atoms with E-state index in [0.717, 1.165) is 11.1 Å². The van der Waals surface area contributed by atoms with Crippen LogP contribution in [0.1, 0.15) is 12.5 Å². The van der Waals surface area contributed by atoms with Crippen molar-refractivity contribution in [1.82, 2.24) is 4.90 Å². The van der Waals surface area contributed by atoms with Gasteiger partial charge in [-0.1, -0.05) is 30.3 Å². The molecular formula is C15H16N2O3S. The summed E-state index contributed by atoms with van der Waals surface area (Å²) in [5.74, 6) is 0.0258. The molecule has 5 nitrogen and oxygen atoms in total. The monoisotopic (exact) mass is 304 g/mol. The van der Waals surface area contributed by atoms with Crippen molar-refractivity contribution < 1.29 is 14.3 Å². The van der Waals surface area contributed by atoms with Crippen LogP contribution in [0.3, 0.4) is 0 Å². The Balaban J connectivity index is 1.73. The minimum Gasteiger partial charge on any atom is -0.456 e. The van der Waals surface area contributed by atoms with Crippen LogP contribution < -0.4 is 5.73 Å². The quantitative estimate of drug-likeness (QED) is 0.672. The Kier molecular flexibility index (Phi) is 3.73. The molecule has 110 valence electrons. The van der Waals surface area contributed by atoms with E-state index in [2.05, 4.69) is 0 Å². The van der Waals surface area contributed by atoms with Gasteiger partial charge in [0.25, 0.3) is 0 Å². The first kappa shape index (κ1) is 14.2. The summed E-state index contributed by atoms with van der Waals surface area (Å²) in [5, 5.41) is -0.138. The molecule has 21 heavy (non-hydrogen) atoms. The zero-order valence-corrected chi connectivity index (χ0v) is 12.4. The second kappa shape index (κ2) is 5.54. The third kappa shape index (κ3) is 2.45. The number of hydrogen-bond acceptors (Lipinski definition) is 5. The number of benzene rings is 1. The Labute approximate surface area is 127 Å². The fourth-order valence-electron chi connectivity index (χ4n) is 2.45. The smallest absolute Gasteiger partial charge is 0.355 e. The molecule has 2 aliphatic rings. The molecule has 3 rings (SSSR count). The molecule has 2 atom stereocenters. The van der Waals surface area contributed by atoms with E-state index in [-0.39, 0.29) is 17.9 Å². The van der Waals surface area contributed by atoms with Gasteiger partial charge in [-0.3, -0.25) is 9.69 Å². The SMILES string of the molecule is CC1=C(C(=O)OCc2ccccc2)N2C(=O)[C@@H](N)[C@H]2SC1. The minimum atomic E-state index is -0.514. The van der Waals surface area contributed by atoms with Crippen LogP contribution in [0.15, 0.2) is 41.6 Å². The summed E-state index contributed by atoms with van der Waals surface area (Å²) in [7, 11) is 0. The highest BCUT2D eigenvalue weighted by Gasteiger charge is 2.51. The molecule has 0 radical (unpaired) electrons. The maximum Gasteiger partial charge on any atom is 0.355 e. The Morgan fingerprint density at radius 3 is 2.86 bits per heavy atom. The number of fused-ring (bicyclic) bond motifs is 1. The lowest BCUT2D eigenvalue weighted by Crippen LogP contribution is -2.68. The highest BCUT2D eigenvalue weighted by molar-refractivity contribution is 8.00. The molecule has 0 saturated carbocycles. The van der Waals surface area contributed by atoms with Crippen LogP contribution in [-0.4, -0.2) is 33.9 Å². The van der Waals surface area contributed by atoms with Gasteiger partial charge in [0.2, 0.25) is 5.91 Å². The van der Waals surface area contributed by atoms with Crippen molar-refractivity contribution >= 4 is 23.6 Å². The standard InChI is InChI=1S/C15H16N2O3S/c1-9-8-21-14-11(16)13(18)17(14)12(9)15(19)20-7-10-5-3-2-4-6-10/h2-6,11,14H,7-8,16H2,1H3/t11-,14-/m1/s1. The first-order valence-corrected chi connectivity index (χ1v) is 7.75. The first-order valence-electron chi connectivity index (χ1n) is 6.70. The van der Waals surface area contributed by atoms with Gasteiger partial charge in [0, 0.05) is 5.75 Å². The number of β-lactam (4-membered cyclic amide) rings is 1. The molecule has 2 aliphatic heterocycles. The largest absolute Gasteiger partial charge is 0.456 e. The summed E-state index contributed by atoms with van der Waals surface area (Å²) in [6, 6.07) is 8.94. The predicted octanol–water partition coefficient (Wildman–Crippen LogP) is 1.25. The Bertz CT molecular complexity index is 615. The van der Waals surface area contributed by atoms with E-state index in [1.54, 1.807) is 11.8 Å². The van der Waals surface area contributed by atoms with E-state index in [4.69, 9.17) is 10.5 Å². The Morgan fingerprint density at radius 2 is 2.14 bits per heavy atom. The zero-order chi connectivity index (χ0) is 15.0. The third-order valence-electron chi connectivity index (χ3n) is 3.61. The summed E-state index contributed by atoms with van der Waals surface area (Å²) >= 11 is 1.58. The van der Waals surface area contributed by atoms with Crippen LogP contribution in [0.25, 0.3) is 0 Å². The molecule has 0 aromatic heterocycles. The molecular weight excluding hydrogens is 288 g/mol. The number of ether oxygens (including phenoxy) is 1. The maximum atomic E-state index is 12.3. The normalized spacial score (nSPS) is 24.5. The minimum absolute atomic E-state index is 0.138. The lowest BCUT2D eigenvalue weighted by Gasteiger charge is -2.48. The molecule has 1 amide bonds. The molecule has 0 unspecified atom stereocenters. The van der Waals surface area contributed by atoms with Gasteiger partial charge in [-0.25, -0.2) is 4.79 Å². The van der Waals surface area contributed by atoms with Gasteiger partial charge >= 0.3 is 5.97 Å². The van der Waals surface area contributed by atoms with Crippen molar-refractivity contribution in [3.63, 3.8) is 0 Å². The van der Waals surface area contributed by atoms with Crippen molar-refractivity contribution in [3.8, 4) is 0 Å². The molecule has 6 heteroatoms. The second-order valence-electron chi connectivity index (χ2n) is 5.13. The first-order chi connectivity index (χ1) is 10.1. The number of amides is 1. The average molecular weight is 304 g/mol. The van der Waals surface area contributed by atoms with Crippen molar-refractivity contribution in [1.29, 1.82) is 0 Å². The van der Waals surface area contributed by atoms with Crippen molar-refractivity contribution in [2.24, 2.45) is 5.73 Å². The molecule has 1 aromatic rings. The maximum absolute atomic E-state index is 12.3. The third-order valence-corrected chi connectivity index (χ3v) is 5.05. The summed E-state index contributed by atoms with van der Waals surface area (Å²) in [6.45, 7) is 2.04. The number of nitrogens with zero attached hydrogens (tertiary/aromatic N) is 1. The average Bonchev–Trinajstić information content (AvgIpc) is 2.52. The molecule has 2 N–H and O–H groups in total. The van der Waals surface area contributed by atoms with Gasteiger partial charge in [0.15, 0.2) is 0 Å². The second-order valence-corrected chi connectivity index (χ2v) is 6.23. The molecule has 1 saturated heterocycles. The van der Waals surface area contributed by atoms with Crippen molar-refractivity contribution in [2.45, 2.75) is 24.9 Å². The summed E-state index contributed by atoms with van der Waals surface area (Å²) in [6.07, 6.45) is 0. The van der Waals surface area contributed by atoms with Crippen LogP contribution in [0, 0.1) is 0 Å². The van der Waals surface area contributed by atoms with Gasteiger partial charge < -0.3 is 10.5 Å². The number of hydrogen-bond donors (Lipinski definition) is 1. The van der Waals surface area contributed by atoms with Gasteiger partial charge in [-0.2, -0.15) is 0 Å². The van der Waals surface area contributed by atoms with Crippen LogP contribution >= 0.6 is 11.8 Å². The molecule has 0 aliphatic carbocycles. The molecule has 1 aromatic carbocycles. The van der Waals surface area contributed by atoms with E-state index >= 15 is 0 Å². The molecule has 2 heterocycles. The predicted molar refractivity (Wildman–Crippen MR) is 80.0 cm³/mol. The van der Waals surface area contributed by atoms with Crippen LogP contribution in [0.5, 0.6) is 0 Å². The number of carbonyl (C=O) groups excluding carboxylic acids is 2. The van der Waals surface area contributed by atoms with E-state index in [0.29, 0.717) is 11.4 Å².